The smallest absolute Gasteiger partial charge is 0.316 e. The van der Waals surface area contributed by atoms with E-state index in [1.807, 2.05) is 19.9 Å². The van der Waals surface area contributed by atoms with E-state index in [4.69, 9.17) is 0 Å². The Morgan fingerprint density at radius 3 is 2.67 bits per heavy atom. The largest absolute Gasteiger partial charge is 0.416 e. The first-order valence-corrected chi connectivity index (χ1v) is 11.1. The first-order valence-electron chi connectivity index (χ1n) is 10.3. The van der Waals surface area contributed by atoms with Crippen molar-refractivity contribution in [2.75, 3.05) is 0 Å². The Hall–Kier alpha value is -3.20. The first kappa shape index (κ1) is 23.0. The monoisotopic (exact) mass is 516 g/mol. The van der Waals surface area contributed by atoms with Gasteiger partial charge in [-0.3, -0.25) is 4.79 Å². The van der Waals surface area contributed by atoms with Crippen molar-refractivity contribution in [1.29, 1.82) is 0 Å². The van der Waals surface area contributed by atoms with E-state index in [-0.39, 0.29) is 11.5 Å². The van der Waals surface area contributed by atoms with Crippen LogP contribution in [0.4, 0.5) is 13.2 Å². The van der Waals surface area contributed by atoms with E-state index in [1.54, 1.807) is 41.1 Å². The van der Waals surface area contributed by atoms with Crippen molar-refractivity contribution in [3.63, 3.8) is 0 Å². The molecule has 0 saturated heterocycles. The SMILES string of the molecule is CC[C@H](C)c1nc2ccc(Br)cc2c(=O)n1N=Cc1cccn1-c1cccc(C(F)(F)F)c1. The molecule has 0 aliphatic rings. The average molecular weight is 517 g/mol. The van der Waals surface area contributed by atoms with Crippen molar-refractivity contribution >= 4 is 33.0 Å². The van der Waals surface area contributed by atoms with Crippen LogP contribution < -0.4 is 5.56 Å². The third-order valence-electron chi connectivity index (χ3n) is 5.42. The molecule has 0 radical (unpaired) electrons. The highest BCUT2D eigenvalue weighted by atomic mass is 79.9. The van der Waals surface area contributed by atoms with Gasteiger partial charge in [-0.1, -0.05) is 35.8 Å². The summed E-state index contributed by atoms with van der Waals surface area (Å²) >= 11 is 3.38. The Bertz CT molecular complexity index is 1410. The first-order chi connectivity index (χ1) is 15.7. The summed E-state index contributed by atoms with van der Waals surface area (Å²) in [6, 6.07) is 13.8. The van der Waals surface area contributed by atoms with Gasteiger partial charge in [0.1, 0.15) is 5.82 Å². The van der Waals surface area contributed by atoms with E-state index in [0.717, 1.165) is 23.0 Å². The van der Waals surface area contributed by atoms with Crippen LogP contribution >= 0.6 is 15.9 Å². The fraction of sp³-hybridized carbons (Fsp3) is 0.208. The molecule has 5 nitrogen and oxygen atoms in total. The van der Waals surface area contributed by atoms with Crippen LogP contribution in [-0.2, 0) is 6.18 Å². The second kappa shape index (κ2) is 8.97. The van der Waals surface area contributed by atoms with Gasteiger partial charge in [0.25, 0.3) is 5.56 Å². The molecule has 0 aliphatic carbocycles. The molecule has 2 aromatic heterocycles. The molecular formula is C24H20BrF3N4O. The van der Waals surface area contributed by atoms with Crippen molar-refractivity contribution in [2.24, 2.45) is 5.10 Å². The van der Waals surface area contributed by atoms with Crippen LogP contribution in [-0.4, -0.2) is 20.4 Å². The average Bonchev–Trinajstić information content (AvgIpc) is 3.26. The van der Waals surface area contributed by atoms with Crippen LogP contribution in [0.2, 0.25) is 0 Å². The molecule has 0 spiro atoms. The summed E-state index contributed by atoms with van der Waals surface area (Å²) in [6.45, 7) is 3.96. The normalized spacial score (nSPS) is 13.2. The fourth-order valence-corrected chi connectivity index (χ4v) is 3.82. The van der Waals surface area contributed by atoms with Gasteiger partial charge in [0.2, 0.25) is 0 Å². The summed E-state index contributed by atoms with van der Waals surface area (Å²) in [5.41, 5.74) is 0.385. The lowest BCUT2D eigenvalue weighted by Gasteiger charge is -2.14. The van der Waals surface area contributed by atoms with Crippen molar-refractivity contribution in [3.8, 4) is 5.69 Å². The number of hydrogen-bond acceptors (Lipinski definition) is 3. The molecule has 0 aliphatic heterocycles. The molecule has 9 heteroatoms. The van der Waals surface area contributed by atoms with Gasteiger partial charge in [0.05, 0.1) is 28.4 Å². The lowest BCUT2D eigenvalue weighted by molar-refractivity contribution is -0.137. The van der Waals surface area contributed by atoms with Gasteiger partial charge in [-0.25, -0.2) is 4.98 Å². The number of halogens is 4. The summed E-state index contributed by atoms with van der Waals surface area (Å²) in [7, 11) is 0. The molecule has 4 aromatic rings. The number of aromatic nitrogens is 3. The van der Waals surface area contributed by atoms with Crippen LogP contribution in [0.25, 0.3) is 16.6 Å². The molecule has 170 valence electrons. The zero-order chi connectivity index (χ0) is 23.8. The molecule has 0 unspecified atom stereocenters. The summed E-state index contributed by atoms with van der Waals surface area (Å²) in [5.74, 6) is 0.490. The molecule has 0 N–H and O–H groups in total. The lowest BCUT2D eigenvalue weighted by atomic mass is 10.1. The van der Waals surface area contributed by atoms with Crippen LogP contribution in [0.3, 0.4) is 0 Å². The third-order valence-corrected chi connectivity index (χ3v) is 5.92. The summed E-state index contributed by atoms with van der Waals surface area (Å²) in [5, 5.41) is 4.83. The zero-order valence-corrected chi connectivity index (χ0v) is 19.4. The number of fused-ring (bicyclic) bond motifs is 1. The minimum Gasteiger partial charge on any atom is -0.316 e. The van der Waals surface area contributed by atoms with Crippen LogP contribution in [0.5, 0.6) is 0 Å². The highest BCUT2D eigenvalue weighted by molar-refractivity contribution is 9.10. The van der Waals surface area contributed by atoms with E-state index in [2.05, 4.69) is 26.0 Å². The Kier molecular flexibility index (Phi) is 6.25. The zero-order valence-electron chi connectivity index (χ0n) is 17.8. The minimum atomic E-state index is -4.44. The number of benzene rings is 2. The van der Waals surface area contributed by atoms with Gasteiger partial charge in [-0.15, -0.1) is 0 Å². The number of hydrogen-bond donors (Lipinski definition) is 0. The van der Waals surface area contributed by atoms with E-state index in [9.17, 15) is 18.0 Å². The molecule has 0 bridgehead atoms. The van der Waals surface area contributed by atoms with Gasteiger partial charge in [0.15, 0.2) is 0 Å². The van der Waals surface area contributed by atoms with Gasteiger partial charge < -0.3 is 4.57 Å². The Morgan fingerprint density at radius 1 is 1.15 bits per heavy atom. The summed E-state index contributed by atoms with van der Waals surface area (Å²) in [6.07, 6.45) is -0.588. The molecule has 0 fully saturated rings. The van der Waals surface area contributed by atoms with Gasteiger partial charge >= 0.3 is 6.18 Å². The molecule has 1 atom stereocenters. The van der Waals surface area contributed by atoms with Crippen LogP contribution in [0, 0.1) is 0 Å². The highest BCUT2D eigenvalue weighted by Gasteiger charge is 2.30. The predicted molar refractivity (Wildman–Crippen MR) is 126 cm³/mol. The molecule has 33 heavy (non-hydrogen) atoms. The topological polar surface area (TPSA) is 52.2 Å². The Morgan fingerprint density at radius 2 is 1.94 bits per heavy atom. The molecule has 0 amide bonds. The standard InChI is InChI=1S/C24H20BrF3N4O/c1-3-15(2)22-30-21-10-9-17(25)13-20(21)23(33)32(22)29-14-19-8-5-11-31(19)18-7-4-6-16(12-18)24(26,27)28/h4-15H,3H2,1-2H3/t15-/m0/s1. The Balaban J connectivity index is 1.82. The van der Waals surface area contributed by atoms with Gasteiger partial charge in [0, 0.05) is 22.3 Å². The van der Waals surface area contributed by atoms with Crippen molar-refractivity contribution in [3.05, 3.63) is 92.7 Å². The molecular weight excluding hydrogens is 497 g/mol. The van der Waals surface area contributed by atoms with Crippen molar-refractivity contribution < 1.29 is 13.2 Å². The van der Waals surface area contributed by atoms with Crippen LogP contribution in [0.1, 0.15) is 43.3 Å². The highest BCUT2D eigenvalue weighted by Crippen LogP contribution is 2.30. The number of rotatable bonds is 5. The number of nitrogens with zero attached hydrogens (tertiary/aromatic N) is 4. The maximum atomic E-state index is 13.2. The van der Waals surface area contributed by atoms with Crippen molar-refractivity contribution in [1.82, 2.24) is 14.2 Å². The quantitative estimate of drug-likeness (QED) is 0.289. The van der Waals surface area contributed by atoms with E-state index >= 15 is 0 Å². The maximum Gasteiger partial charge on any atom is 0.416 e. The summed E-state index contributed by atoms with van der Waals surface area (Å²) in [4.78, 5) is 17.9. The van der Waals surface area contributed by atoms with Gasteiger partial charge in [-0.2, -0.15) is 22.9 Å². The van der Waals surface area contributed by atoms with E-state index in [0.29, 0.717) is 28.1 Å². The minimum absolute atomic E-state index is 0.0295. The third kappa shape index (κ3) is 4.64. The molecule has 0 saturated carbocycles. The maximum absolute atomic E-state index is 13.2. The fourth-order valence-electron chi connectivity index (χ4n) is 3.46. The lowest BCUT2D eigenvalue weighted by Crippen LogP contribution is -2.24. The van der Waals surface area contributed by atoms with E-state index in [1.165, 1.54) is 17.0 Å². The molecule has 2 aromatic carbocycles. The second-order valence-electron chi connectivity index (χ2n) is 7.65. The van der Waals surface area contributed by atoms with E-state index < -0.39 is 11.7 Å². The number of alkyl halides is 3. The second-order valence-corrected chi connectivity index (χ2v) is 8.57. The summed E-state index contributed by atoms with van der Waals surface area (Å²) < 4.78 is 43.0. The predicted octanol–water partition coefficient (Wildman–Crippen LogP) is 6.36. The van der Waals surface area contributed by atoms with Gasteiger partial charge in [-0.05, 0) is 55.0 Å². The van der Waals surface area contributed by atoms with Crippen LogP contribution in [0.15, 0.2) is 75.2 Å². The molecule has 4 rings (SSSR count). The molecule has 2 heterocycles. The Labute approximate surface area is 196 Å². The van der Waals surface area contributed by atoms with Crippen molar-refractivity contribution in [2.45, 2.75) is 32.4 Å².